The largest absolute Gasteiger partial charge is 0.374 e. The van der Waals surface area contributed by atoms with E-state index in [2.05, 4.69) is 10.6 Å². The highest BCUT2D eigenvalue weighted by atomic mass is 32.1. The van der Waals surface area contributed by atoms with E-state index in [1.165, 1.54) is 11.3 Å². The van der Waals surface area contributed by atoms with Crippen LogP contribution in [0.15, 0.2) is 47.8 Å². The molecule has 3 amide bonds. The topological polar surface area (TPSA) is 87.7 Å². The van der Waals surface area contributed by atoms with E-state index < -0.39 is 11.8 Å². The summed E-state index contributed by atoms with van der Waals surface area (Å²) in [4.78, 5) is 42.2. The second-order valence-corrected chi connectivity index (χ2v) is 9.99. The van der Waals surface area contributed by atoms with Crippen molar-refractivity contribution in [3.8, 4) is 0 Å². The predicted molar refractivity (Wildman–Crippen MR) is 131 cm³/mol. The summed E-state index contributed by atoms with van der Waals surface area (Å²) in [6.07, 6.45) is 1.33. The number of benzene rings is 1. The second kappa shape index (κ2) is 10.3. The van der Waals surface area contributed by atoms with Crippen molar-refractivity contribution in [3.05, 3.63) is 68.0 Å². The number of amides is 3. The van der Waals surface area contributed by atoms with Gasteiger partial charge in [0.15, 0.2) is 0 Å². The highest BCUT2D eigenvalue weighted by molar-refractivity contribution is 7.12. The van der Waals surface area contributed by atoms with Crippen LogP contribution in [0.5, 0.6) is 0 Å². The zero-order valence-corrected chi connectivity index (χ0v) is 20.1. The zero-order chi connectivity index (χ0) is 23.4. The first-order valence-corrected chi connectivity index (χ1v) is 12.3. The summed E-state index contributed by atoms with van der Waals surface area (Å²) in [7, 11) is 1.57. The third-order valence-electron chi connectivity index (χ3n) is 5.45. The number of aryl methyl sites for hydroxylation is 2. The van der Waals surface area contributed by atoms with Gasteiger partial charge in [-0.05, 0) is 67.1 Å². The van der Waals surface area contributed by atoms with E-state index in [4.69, 9.17) is 4.74 Å². The van der Waals surface area contributed by atoms with Gasteiger partial charge in [0.25, 0.3) is 5.91 Å². The number of hydrogen-bond acceptors (Lipinski definition) is 6. The lowest BCUT2D eigenvalue weighted by Gasteiger charge is -2.29. The molecular weight excluding hydrogens is 458 g/mol. The Kier molecular flexibility index (Phi) is 7.22. The van der Waals surface area contributed by atoms with E-state index >= 15 is 0 Å². The highest BCUT2D eigenvalue weighted by Gasteiger charge is 2.25. The Labute approximate surface area is 200 Å². The highest BCUT2D eigenvalue weighted by Crippen LogP contribution is 2.31. The van der Waals surface area contributed by atoms with Gasteiger partial charge in [0.1, 0.15) is 6.10 Å². The Bertz CT molecular complexity index is 1160. The number of fused-ring (bicyclic) bond motifs is 1. The number of carbonyl (C=O) groups is 3. The molecule has 1 atom stereocenters. The molecule has 0 bridgehead atoms. The number of carbonyl (C=O) groups excluding carboxylic acids is 3. The van der Waals surface area contributed by atoms with Gasteiger partial charge < -0.3 is 20.3 Å². The third kappa shape index (κ3) is 5.32. The van der Waals surface area contributed by atoms with Gasteiger partial charge in [-0.2, -0.15) is 0 Å². The summed E-state index contributed by atoms with van der Waals surface area (Å²) >= 11 is 3.01. The quantitative estimate of drug-likeness (QED) is 0.516. The fraction of sp³-hybridized carbons (Fsp3) is 0.292. The zero-order valence-electron chi connectivity index (χ0n) is 18.4. The molecule has 7 nitrogen and oxygen atoms in total. The van der Waals surface area contributed by atoms with E-state index in [9.17, 15) is 14.4 Å². The molecule has 2 aromatic heterocycles. The molecule has 3 heterocycles. The lowest BCUT2D eigenvalue weighted by atomic mass is 10.0. The molecular formula is C24H25N3O4S2. The number of hydrogen-bond donors (Lipinski definition) is 2. The van der Waals surface area contributed by atoms with Crippen molar-refractivity contribution in [1.82, 2.24) is 5.32 Å². The fourth-order valence-corrected chi connectivity index (χ4v) is 5.43. The second-order valence-electron chi connectivity index (χ2n) is 7.72. The maximum absolute atomic E-state index is 12.8. The van der Waals surface area contributed by atoms with Gasteiger partial charge in [0.2, 0.25) is 0 Å². The summed E-state index contributed by atoms with van der Waals surface area (Å²) in [6, 6.07) is 13.0. The monoisotopic (exact) mass is 483 g/mol. The first-order valence-electron chi connectivity index (χ1n) is 10.6. The van der Waals surface area contributed by atoms with Gasteiger partial charge in [0.05, 0.1) is 4.88 Å². The van der Waals surface area contributed by atoms with Crippen LogP contribution in [0.2, 0.25) is 0 Å². The summed E-state index contributed by atoms with van der Waals surface area (Å²) in [5.74, 6) is -1.48. The third-order valence-corrected chi connectivity index (χ3v) is 7.40. The Morgan fingerprint density at radius 1 is 1.15 bits per heavy atom. The molecule has 4 rings (SSSR count). The number of nitrogens with one attached hydrogen (secondary N) is 2. The van der Waals surface area contributed by atoms with Crippen molar-refractivity contribution in [3.63, 3.8) is 0 Å². The maximum atomic E-state index is 12.8. The van der Waals surface area contributed by atoms with Gasteiger partial charge in [-0.3, -0.25) is 14.4 Å². The molecule has 0 radical (unpaired) electrons. The van der Waals surface area contributed by atoms with Gasteiger partial charge in [-0.1, -0.05) is 6.07 Å². The van der Waals surface area contributed by atoms with Crippen molar-refractivity contribution >= 4 is 51.8 Å². The molecule has 0 aliphatic carbocycles. The number of anilines is 2. The number of ether oxygens (including phenoxy) is 1. The van der Waals surface area contributed by atoms with Crippen molar-refractivity contribution in [2.75, 3.05) is 30.4 Å². The fourth-order valence-electron chi connectivity index (χ4n) is 3.80. The Balaban J connectivity index is 1.38. The van der Waals surface area contributed by atoms with Crippen LogP contribution in [0.3, 0.4) is 0 Å². The molecule has 2 N–H and O–H groups in total. The molecule has 0 fully saturated rings. The van der Waals surface area contributed by atoms with Gasteiger partial charge in [0, 0.05) is 41.3 Å². The van der Waals surface area contributed by atoms with E-state index in [1.807, 2.05) is 48.7 Å². The van der Waals surface area contributed by atoms with Crippen LogP contribution in [-0.4, -0.2) is 37.9 Å². The summed E-state index contributed by atoms with van der Waals surface area (Å²) in [6.45, 7) is 2.86. The summed E-state index contributed by atoms with van der Waals surface area (Å²) < 4.78 is 5.45. The van der Waals surface area contributed by atoms with Crippen LogP contribution in [0, 0.1) is 6.92 Å². The lowest BCUT2D eigenvalue weighted by Crippen LogP contribution is -2.38. The molecule has 1 aliphatic heterocycles. The van der Waals surface area contributed by atoms with Crippen LogP contribution in [0.1, 0.15) is 37.5 Å². The molecule has 3 aromatic rings. The van der Waals surface area contributed by atoms with Crippen LogP contribution in [-0.2, 0) is 20.7 Å². The first-order chi connectivity index (χ1) is 16.0. The van der Waals surface area contributed by atoms with E-state index in [-0.39, 0.29) is 18.6 Å². The number of thiophene rings is 2. The number of nitrogens with zero attached hydrogens (tertiary/aromatic N) is 1. The van der Waals surface area contributed by atoms with E-state index in [0.717, 1.165) is 33.8 Å². The van der Waals surface area contributed by atoms with Crippen molar-refractivity contribution < 1.29 is 19.1 Å². The van der Waals surface area contributed by atoms with Gasteiger partial charge in [-0.15, -0.1) is 22.7 Å². The Morgan fingerprint density at radius 2 is 2.00 bits per heavy atom. The Morgan fingerprint density at radius 3 is 2.70 bits per heavy atom. The summed E-state index contributed by atoms with van der Waals surface area (Å²) in [5.41, 5.74) is 2.34. The smallest absolute Gasteiger partial charge is 0.313 e. The standard InChI is InChI=1S/C24H25N3O4S2/c1-15-7-10-20(33-15)19(31-2)14-25-22(28)23(29)26-17-8-9-18-16(13-17)5-3-11-27(18)24(30)21-6-4-12-32-21/h4,6-10,12-13,19H,3,5,11,14H2,1-2H3,(H,25,28)(H,26,29). The lowest BCUT2D eigenvalue weighted by molar-refractivity contribution is -0.136. The molecule has 1 aliphatic rings. The minimum Gasteiger partial charge on any atom is -0.374 e. The molecule has 0 saturated heterocycles. The minimum atomic E-state index is -0.741. The molecule has 1 unspecified atom stereocenters. The van der Waals surface area contributed by atoms with Gasteiger partial charge >= 0.3 is 11.8 Å². The first kappa shape index (κ1) is 23.2. The SMILES string of the molecule is COC(CNC(=O)C(=O)Nc1ccc2c(c1)CCCN2C(=O)c1cccs1)c1ccc(C)s1. The number of methoxy groups -OCH3 is 1. The molecule has 0 saturated carbocycles. The molecule has 33 heavy (non-hydrogen) atoms. The van der Waals surface area contributed by atoms with Crippen molar-refractivity contribution in [2.24, 2.45) is 0 Å². The van der Waals surface area contributed by atoms with Crippen molar-refractivity contribution in [1.29, 1.82) is 0 Å². The van der Waals surface area contributed by atoms with E-state index in [1.54, 1.807) is 29.4 Å². The van der Waals surface area contributed by atoms with E-state index in [0.29, 0.717) is 17.1 Å². The average Bonchev–Trinajstić information content (AvgIpc) is 3.50. The predicted octanol–water partition coefficient (Wildman–Crippen LogP) is 4.15. The van der Waals surface area contributed by atoms with Crippen LogP contribution >= 0.6 is 22.7 Å². The van der Waals surface area contributed by atoms with Crippen LogP contribution < -0.4 is 15.5 Å². The van der Waals surface area contributed by atoms with Crippen LogP contribution in [0.4, 0.5) is 11.4 Å². The average molecular weight is 484 g/mol. The summed E-state index contributed by atoms with van der Waals surface area (Å²) in [5, 5.41) is 7.19. The molecule has 0 spiro atoms. The van der Waals surface area contributed by atoms with Gasteiger partial charge in [-0.25, -0.2) is 0 Å². The van der Waals surface area contributed by atoms with Crippen LogP contribution in [0.25, 0.3) is 0 Å². The molecule has 172 valence electrons. The normalized spacial score (nSPS) is 13.8. The molecule has 1 aromatic carbocycles. The number of rotatable bonds is 6. The molecule has 9 heteroatoms. The maximum Gasteiger partial charge on any atom is 0.313 e. The Hall–Kier alpha value is -3.01. The minimum absolute atomic E-state index is 0.0178. The van der Waals surface area contributed by atoms with Crippen molar-refractivity contribution in [2.45, 2.75) is 25.9 Å².